The zero-order valence-electron chi connectivity index (χ0n) is 17.0. The molecule has 2 N–H and O–H groups in total. The highest BCUT2D eigenvalue weighted by Crippen LogP contribution is 2.37. The maximum Gasteiger partial charge on any atom is 0.223 e. The van der Waals surface area contributed by atoms with E-state index in [4.69, 9.17) is 9.84 Å². The molecular weight excluding hydrogens is 385 g/mol. The number of anilines is 1. The summed E-state index contributed by atoms with van der Waals surface area (Å²) in [4.78, 5) is 13.4. The number of imidazole rings is 1. The van der Waals surface area contributed by atoms with Gasteiger partial charge < -0.3 is 15.4 Å². The third kappa shape index (κ3) is 3.58. The van der Waals surface area contributed by atoms with Crippen LogP contribution in [0.2, 0.25) is 0 Å². The van der Waals surface area contributed by atoms with Crippen LogP contribution in [0.3, 0.4) is 0 Å². The van der Waals surface area contributed by atoms with Gasteiger partial charge in [0.1, 0.15) is 23.3 Å². The third-order valence-corrected chi connectivity index (χ3v) is 6.07. The highest BCUT2D eigenvalue weighted by atomic mass is 19.1. The summed E-state index contributed by atoms with van der Waals surface area (Å²) in [5.41, 5.74) is 3.15. The zero-order chi connectivity index (χ0) is 20.5. The van der Waals surface area contributed by atoms with Crippen molar-refractivity contribution >= 4 is 11.6 Å². The van der Waals surface area contributed by atoms with Crippen molar-refractivity contribution in [2.75, 3.05) is 25.5 Å². The van der Waals surface area contributed by atoms with Gasteiger partial charge in [-0.15, -0.1) is 0 Å². The van der Waals surface area contributed by atoms with Gasteiger partial charge in [0, 0.05) is 31.3 Å². The Balaban J connectivity index is 1.50. The quantitative estimate of drug-likeness (QED) is 0.667. The normalized spacial score (nSPS) is 22.5. The summed E-state index contributed by atoms with van der Waals surface area (Å²) in [6.45, 7) is 0.900. The molecule has 0 radical (unpaired) electrons. The molecule has 0 amide bonds. The Bertz CT molecular complexity index is 1030. The molecule has 8 nitrogen and oxygen atoms in total. The number of alkyl halides is 1. The molecule has 1 saturated carbocycles. The fraction of sp³-hybridized carbons (Fsp3) is 0.524. The van der Waals surface area contributed by atoms with Crippen LogP contribution in [0.25, 0.3) is 17.0 Å². The number of hydrogen-bond acceptors (Lipinski definition) is 7. The first-order valence-electron chi connectivity index (χ1n) is 10.6. The molecule has 0 aromatic carbocycles. The van der Waals surface area contributed by atoms with Crippen molar-refractivity contribution in [3.8, 4) is 17.1 Å². The van der Waals surface area contributed by atoms with Gasteiger partial charge in [0.2, 0.25) is 5.95 Å². The number of methoxy groups -OCH3 is 1. The second-order valence-electron chi connectivity index (χ2n) is 8.04. The molecule has 1 aliphatic heterocycles. The lowest BCUT2D eigenvalue weighted by molar-refractivity contribution is 0.342. The molecule has 9 heteroatoms. The molecule has 0 bridgehead atoms. The Morgan fingerprint density at radius 2 is 2.07 bits per heavy atom. The Kier molecular flexibility index (Phi) is 5.20. The van der Waals surface area contributed by atoms with Crippen molar-refractivity contribution in [2.45, 2.75) is 50.2 Å². The van der Waals surface area contributed by atoms with Crippen molar-refractivity contribution < 1.29 is 9.13 Å². The van der Waals surface area contributed by atoms with Crippen LogP contribution in [-0.4, -0.2) is 57.0 Å². The number of nitrogens with zero attached hydrogens (tertiary/aromatic N) is 5. The molecule has 0 unspecified atom stereocenters. The molecule has 2 atom stereocenters. The average Bonchev–Trinajstić information content (AvgIpc) is 3.39. The van der Waals surface area contributed by atoms with Crippen LogP contribution in [0.5, 0.6) is 5.75 Å². The zero-order valence-corrected chi connectivity index (χ0v) is 17.0. The molecular formula is C21H26FN7O. The van der Waals surface area contributed by atoms with E-state index in [0.717, 1.165) is 30.0 Å². The van der Waals surface area contributed by atoms with Gasteiger partial charge in [0.15, 0.2) is 5.65 Å². The van der Waals surface area contributed by atoms with Crippen molar-refractivity contribution in [2.24, 2.45) is 0 Å². The fourth-order valence-electron chi connectivity index (χ4n) is 4.43. The highest BCUT2D eigenvalue weighted by Gasteiger charge is 2.27. The van der Waals surface area contributed by atoms with Gasteiger partial charge in [-0.1, -0.05) is 19.3 Å². The smallest absolute Gasteiger partial charge is 0.223 e. The van der Waals surface area contributed by atoms with E-state index in [1.165, 1.54) is 19.3 Å². The van der Waals surface area contributed by atoms with Crippen LogP contribution in [0, 0.1) is 0 Å². The van der Waals surface area contributed by atoms with Crippen LogP contribution < -0.4 is 15.4 Å². The van der Waals surface area contributed by atoms with E-state index >= 15 is 0 Å². The second kappa shape index (κ2) is 8.14. The summed E-state index contributed by atoms with van der Waals surface area (Å²) in [7, 11) is 1.68. The minimum absolute atomic E-state index is 0.331. The number of ether oxygens (including phenoxy) is 1. The van der Waals surface area contributed by atoms with Crippen LogP contribution >= 0.6 is 0 Å². The maximum absolute atomic E-state index is 13.9. The van der Waals surface area contributed by atoms with Gasteiger partial charge in [-0.2, -0.15) is 5.10 Å². The highest BCUT2D eigenvalue weighted by molar-refractivity contribution is 5.61. The predicted octanol–water partition coefficient (Wildman–Crippen LogP) is 2.96. The molecule has 3 aromatic heterocycles. The molecule has 158 valence electrons. The van der Waals surface area contributed by atoms with Crippen LogP contribution in [0.15, 0.2) is 24.5 Å². The standard InChI is InChI=1S/C21H26FN7O/c1-30-18-9-19-25-12-17(29(19)28-20(18)13-5-3-2-4-6-13)15-7-8-24-21(26-15)27-16-11-23-10-14(16)22/h7-9,12-14,16,23H,2-6,10-11H2,1H3,(H,24,26,27)/t14-,16-/m0/s1. The summed E-state index contributed by atoms with van der Waals surface area (Å²) in [5, 5.41) is 11.0. The van der Waals surface area contributed by atoms with Crippen LogP contribution in [-0.2, 0) is 0 Å². The third-order valence-electron chi connectivity index (χ3n) is 6.07. The molecule has 1 aliphatic carbocycles. The number of aromatic nitrogens is 5. The van der Waals surface area contributed by atoms with Crippen LogP contribution in [0.4, 0.5) is 10.3 Å². The molecule has 1 saturated heterocycles. The SMILES string of the molecule is COc1cc2ncc(-c3ccnc(N[C@H]4CNC[C@@H]4F)n3)n2nc1C1CCCCC1. The summed E-state index contributed by atoms with van der Waals surface area (Å²) < 4.78 is 21.4. The molecule has 5 rings (SSSR count). The minimum atomic E-state index is -0.958. The van der Waals surface area contributed by atoms with Crippen LogP contribution in [0.1, 0.15) is 43.7 Å². The van der Waals surface area contributed by atoms with Gasteiger partial charge >= 0.3 is 0 Å². The lowest BCUT2D eigenvalue weighted by Gasteiger charge is -2.22. The Hall–Kier alpha value is -2.81. The molecule has 4 heterocycles. The monoisotopic (exact) mass is 411 g/mol. The van der Waals surface area contributed by atoms with E-state index in [1.54, 1.807) is 19.5 Å². The predicted molar refractivity (Wildman–Crippen MR) is 112 cm³/mol. The first-order valence-corrected chi connectivity index (χ1v) is 10.6. The molecule has 0 spiro atoms. The average molecular weight is 411 g/mol. The van der Waals surface area contributed by atoms with Crippen molar-refractivity contribution in [1.82, 2.24) is 29.9 Å². The molecule has 2 fully saturated rings. The first kappa shape index (κ1) is 19.2. The van der Waals surface area contributed by atoms with Crippen molar-refractivity contribution in [1.29, 1.82) is 0 Å². The molecule has 3 aromatic rings. The summed E-state index contributed by atoms with van der Waals surface area (Å²) >= 11 is 0. The minimum Gasteiger partial charge on any atom is -0.495 e. The van der Waals surface area contributed by atoms with Crippen molar-refractivity contribution in [3.63, 3.8) is 0 Å². The van der Waals surface area contributed by atoms with Crippen molar-refractivity contribution in [3.05, 3.63) is 30.2 Å². The number of rotatable bonds is 5. The van der Waals surface area contributed by atoms with E-state index in [9.17, 15) is 4.39 Å². The van der Waals surface area contributed by atoms with E-state index < -0.39 is 6.17 Å². The molecule has 2 aliphatic rings. The first-order chi connectivity index (χ1) is 14.7. The number of halogens is 1. The Morgan fingerprint density at radius 3 is 2.83 bits per heavy atom. The van der Waals surface area contributed by atoms with E-state index in [2.05, 4.69) is 25.6 Å². The summed E-state index contributed by atoms with van der Waals surface area (Å²) in [5.74, 6) is 1.59. The topological polar surface area (TPSA) is 89.3 Å². The van der Waals surface area contributed by atoms with Gasteiger partial charge in [0.25, 0.3) is 0 Å². The number of hydrogen-bond donors (Lipinski definition) is 2. The van der Waals surface area contributed by atoms with E-state index in [0.29, 0.717) is 36.3 Å². The number of nitrogens with one attached hydrogen (secondary N) is 2. The second-order valence-corrected chi connectivity index (χ2v) is 8.04. The Morgan fingerprint density at radius 1 is 1.20 bits per heavy atom. The maximum atomic E-state index is 13.9. The summed E-state index contributed by atoms with van der Waals surface area (Å²) in [6, 6.07) is 3.43. The van der Waals surface area contributed by atoms with E-state index in [1.807, 2.05) is 16.6 Å². The van der Waals surface area contributed by atoms with Gasteiger partial charge in [-0.25, -0.2) is 23.9 Å². The lowest BCUT2D eigenvalue weighted by Crippen LogP contribution is -2.30. The molecule has 30 heavy (non-hydrogen) atoms. The lowest BCUT2D eigenvalue weighted by atomic mass is 9.86. The van der Waals surface area contributed by atoms with Gasteiger partial charge in [0.05, 0.1) is 25.0 Å². The largest absolute Gasteiger partial charge is 0.495 e. The Labute approximate surface area is 174 Å². The van der Waals surface area contributed by atoms with Gasteiger partial charge in [-0.3, -0.25) is 0 Å². The van der Waals surface area contributed by atoms with Gasteiger partial charge in [-0.05, 0) is 18.9 Å². The number of fused-ring (bicyclic) bond motifs is 1. The van der Waals surface area contributed by atoms with E-state index in [-0.39, 0.29) is 6.04 Å². The summed E-state index contributed by atoms with van der Waals surface area (Å²) in [6.07, 6.45) is 8.44. The fourth-order valence-corrected chi connectivity index (χ4v) is 4.43.